The van der Waals surface area contributed by atoms with Crippen LogP contribution in [0.2, 0.25) is 10.0 Å². The molecule has 0 amide bonds. The van der Waals surface area contributed by atoms with Gasteiger partial charge in [-0.2, -0.15) is 0 Å². The molecule has 0 bridgehead atoms. The van der Waals surface area contributed by atoms with Crippen LogP contribution in [-0.4, -0.2) is 16.3 Å². The maximum Gasteiger partial charge on any atom is 0.111 e. The van der Waals surface area contributed by atoms with Crippen molar-refractivity contribution in [1.82, 2.24) is 0 Å². The molecule has 2 atom stereocenters. The molecule has 0 aromatic heterocycles. The largest absolute Gasteiger partial charge is 0.386 e. The van der Waals surface area contributed by atoms with Gasteiger partial charge in [-0.25, -0.2) is 0 Å². The highest BCUT2D eigenvalue weighted by molar-refractivity contribution is 6.36. The van der Waals surface area contributed by atoms with Crippen molar-refractivity contribution in [1.29, 1.82) is 0 Å². The predicted molar refractivity (Wildman–Crippen MR) is 66.9 cm³/mol. The minimum Gasteiger partial charge on any atom is -0.386 e. The lowest BCUT2D eigenvalue weighted by atomic mass is 10.0. The third-order valence-corrected chi connectivity index (χ3v) is 2.85. The van der Waals surface area contributed by atoms with Crippen molar-refractivity contribution in [3.8, 4) is 0 Å². The van der Waals surface area contributed by atoms with E-state index in [-0.39, 0.29) is 0 Å². The van der Waals surface area contributed by atoms with E-state index in [0.717, 1.165) is 6.42 Å². The van der Waals surface area contributed by atoms with E-state index in [1.165, 1.54) is 6.08 Å². The zero-order valence-electron chi connectivity index (χ0n) is 8.90. The average molecular weight is 261 g/mol. The van der Waals surface area contributed by atoms with Gasteiger partial charge in [0.25, 0.3) is 0 Å². The molecule has 2 N–H and O–H groups in total. The zero-order chi connectivity index (χ0) is 12.1. The molecule has 0 aliphatic carbocycles. The molecular weight excluding hydrogens is 247 g/mol. The average Bonchev–Trinajstić information content (AvgIpc) is 2.25. The van der Waals surface area contributed by atoms with Gasteiger partial charge in [-0.15, -0.1) is 0 Å². The Kier molecular flexibility index (Phi) is 5.29. The van der Waals surface area contributed by atoms with Gasteiger partial charge < -0.3 is 10.2 Å². The van der Waals surface area contributed by atoms with Crippen LogP contribution >= 0.6 is 23.2 Å². The van der Waals surface area contributed by atoms with E-state index in [1.807, 2.05) is 6.92 Å². The smallest absolute Gasteiger partial charge is 0.111 e. The molecular formula is C12H14Cl2O2. The van der Waals surface area contributed by atoms with Gasteiger partial charge in [0.05, 0.1) is 0 Å². The number of allylic oxidation sites excluding steroid dienone is 1. The number of aliphatic hydroxyl groups is 2. The van der Waals surface area contributed by atoms with Crippen molar-refractivity contribution in [2.24, 2.45) is 0 Å². The van der Waals surface area contributed by atoms with E-state index in [0.29, 0.717) is 15.6 Å². The minimum atomic E-state index is -1.11. The highest BCUT2D eigenvalue weighted by Gasteiger charge is 2.20. The van der Waals surface area contributed by atoms with Gasteiger partial charge in [-0.05, 0) is 18.6 Å². The van der Waals surface area contributed by atoms with Crippen LogP contribution in [0.4, 0.5) is 0 Å². The van der Waals surface area contributed by atoms with Crippen LogP contribution in [0.25, 0.3) is 0 Å². The Hall–Kier alpha value is -0.540. The number of hydrogen-bond donors (Lipinski definition) is 2. The van der Waals surface area contributed by atoms with Crippen LogP contribution in [0.3, 0.4) is 0 Å². The van der Waals surface area contributed by atoms with E-state index in [4.69, 9.17) is 23.2 Å². The van der Waals surface area contributed by atoms with Crippen molar-refractivity contribution in [3.63, 3.8) is 0 Å². The van der Waals surface area contributed by atoms with Crippen LogP contribution < -0.4 is 0 Å². The normalized spacial score (nSPS) is 15.3. The molecule has 16 heavy (non-hydrogen) atoms. The molecule has 2 nitrogen and oxygen atoms in total. The second kappa shape index (κ2) is 6.26. The lowest BCUT2D eigenvalue weighted by Crippen LogP contribution is -2.16. The van der Waals surface area contributed by atoms with Gasteiger partial charge in [0.15, 0.2) is 0 Å². The number of hydrogen-bond acceptors (Lipinski definition) is 2. The van der Waals surface area contributed by atoms with Crippen LogP contribution in [0, 0.1) is 0 Å². The summed E-state index contributed by atoms with van der Waals surface area (Å²) in [6.45, 7) is 1.94. The van der Waals surface area contributed by atoms with Crippen LogP contribution in [0.1, 0.15) is 25.0 Å². The fourth-order valence-corrected chi connectivity index (χ4v) is 1.97. The molecule has 0 saturated carbocycles. The van der Waals surface area contributed by atoms with Crippen LogP contribution in [0.5, 0.6) is 0 Å². The molecule has 0 aliphatic rings. The van der Waals surface area contributed by atoms with Crippen molar-refractivity contribution in [2.75, 3.05) is 0 Å². The molecule has 2 unspecified atom stereocenters. The summed E-state index contributed by atoms with van der Waals surface area (Å²) in [5.41, 5.74) is 0.360. The fourth-order valence-electron chi connectivity index (χ4n) is 1.34. The maximum absolute atomic E-state index is 9.91. The third-order valence-electron chi connectivity index (χ3n) is 2.19. The molecule has 1 aromatic rings. The number of halogens is 2. The summed E-state index contributed by atoms with van der Waals surface area (Å²) in [7, 11) is 0. The monoisotopic (exact) mass is 260 g/mol. The van der Waals surface area contributed by atoms with E-state index in [2.05, 4.69) is 0 Å². The van der Waals surface area contributed by atoms with Gasteiger partial charge in [0.2, 0.25) is 0 Å². The minimum absolute atomic E-state index is 0.351. The first-order valence-electron chi connectivity index (χ1n) is 5.04. The molecule has 0 saturated heterocycles. The zero-order valence-corrected chi connectivity index (χ0v) is 10.4. The summed E-state index contributed by atoms with van der Waals surface area (Å²) in [4.78, 5) is 0. The highest BCUT2D eigenvalue weighted by atomic mass is 35.5. The van der Waals surface area contributed by atoms with E-state index >= 15 is 0 Å². The van der Waals surface area contributed by atoms with Gasteiger partial charge in [0.1, 0.15) is 12.2 Å². The van der Waals surface area contributed by atoms with Crippen molar-refractivity contribution in [2.45, 2.75) is 25.6 Å². The predicted octanol–water partition coefficient (Wildman–Crippen LogP) is 3.35. The first-order chi connectivity index (χ1) is 7.57. The summed E-state index contributed by atoms with van der Waals surface area (Å²) >= 11 is 11.8. The van der Waals surface area contributed by atoms with E-state index < -0.39 is 12.2 Å². The summed E-state index contributed by atoms with van der Waals surface area (Å²) in [6, 6.07) is 4.94. The van der Waals surface area contributed by atoms with E-state index in [9.17, 15) is 10.2 Å². The summed E-state index contributed by atoms with van der Waals surface area (Å²) in [5.74, 6) is 0. The first kappa shape index (κ1) is 13.5. The Labute approximate surface area is 105 Å². The van der Waals surface area contributed by atoms with Crippen molar-refractivity contribution < 1.29 is 10.2 Å². The maximum atomic E-state index is 9.91. The standard InChI is InChI=1S/C12H14Cl2O2/c1-2-3-7-10(15)12(16)11-8(13)5-4-6-9(11)14/h3-7,10,12,15-16H,2H2,1H3/b7-3+. The molecule has 4 heteroatoms. The molecule has 0 heterocycles. The van der Waals surface area contributed by atoms with Gasteiger partial charge in [0, 0.05) is 15.6 Å². The lowest BCUT2D eigenvalue weighted by Gasteiger charge is -2.17. The van der Waals surface area contributed by atoms with Crippen LogP contribution in [-0.2, 0) is 0 Å². The molecule has 0 radical (unpaired) electrons. The quantitative estimate of drug-likeness (QED) is 0.816. The third kappa shape index (κ3) is 3.22. The first-order valence-corrected chi connectivity index (χ1v) is 5.80. The second-order valence-electron chi connectivity index (χ2n) is 3.41. The fraction of sp³-hybridized carbons (Fsp3) is 0.333. The number of aliphatic hydroxyl groups excluding tert-OH is 2. The molecule has 1 aromatic carbocycles. The summed E-state index contributed by atoms with van der Waals surface area (Å²) in [6.07, 6.45) is 1.99. The molecule has 0 aliphatic heterocycles. The van der Waals surface area contributed by atoms with E-state index in [1.54, 1.807) is 24.3 Å². The highest BCUT2D eigenvalue weighted by Crippen LogP contribution is 2.32. The lowest BCUT2D eigenvalue weighted by molar-refractivity contribution is 0.0482. The summed E-state index contributed by atoms with van der Waals surface area (Å²) in [5, 5.41) is 20.3. The van der Waals surface area contributed by atoms with Crippen LogP contribution in [0.15, 0.2) is 30.4 Å². The molecule has 88 valence electrons. The molecule has 0 fully saturated rings. The van der Waals surface area contributed by atoms with Crippen molar-refractivity contribution in [3.05, 3.63) is 46.0 Å². The topological polar surface area (TPSA) is 40.5 Å². The van der Waals surface area contributed by atoms with Gasteiger partial charge in [-0.1, -0.05) is 48.3 Å². The van der Waals surface area contributed by atoms with Gasteiger partial charge in [-0.3, -0.25) is 0 Å². The molecule has 1 rings (SSSR count). The van der Waals surface area contributed by atoms with Crippen molar-refractivity contribution >= 4 is 23.2 Å². The number of rotatable bonds is 4. The SMILES string of the molecule is CC/C=C/C(O)C(O)c1c(Cl)cccc1Cl. The Morgan fingerprint density at radius 2 is 1.81 bits per heavy atom. The molecule has 0 spiro atoms. The van der Waals surface area contributed by atoms with Gasteiger partial charge >= 0.3 is 0 Å². The Balaban J connectivity index is 2.95. The Morgan fingerprint density at radius 3 is 2.31 bits per heavy atom. The Morgan fingerprint density at radius 1 is 1.25 bits per heavy atom. The summed E-state index contributed by atoms with van der Waals surface area (Å²) < 4.78 is 0. The Bertz CT molecular complexity index is 357. The second-order valence-corrected chi connectivity index (χ2v) is 4.22. The number of benzene rings is 1.